The molecule has 0 unspecified atom stereocenters. The van der Waals surface area contributed by atoms with Crippen LogP contribution in [0.4, 0.5) is 0 Å². The van der Waals surface area contributed by atoms with E-state index in [1.54, 1.807) is 7.11 Å². The molecule has 1 aromatic carbocycles. The third-order valence-electron chi connectivity index (χ3n) is 3.95. The second-order valence-corrected chi connectivity index (χ2v) is 5.59. The van der Waals surface area contributed by atoms with Crippen LogP contribution >= 0.6 is 11.6 Å². The van der Waals surface area contributed by atoms with Gasteiger partial charge in [0.05, 0.1) is 12.1 Å². The molecule has 1 aromatic rings. The van der Waals surface area contributed by atoms with Crippen LogP contribution in [0, 0.1) is 5.92 Å². The minimum absolute atomic E-state index is 0.591. The normalized spacial score (nSPS) is 17.9. The van der Waals surface area contributed by atoms with Gasteiger partial charge in [-0.3, -0.25) is 0 Å². The van der Waals surface area contributed by atoms with Gasteiger partial charge in [0.15, 0.2) is 0 Å². The summed E-state index contributed by atoms with van der Waals surface area (Å²) in [5.74, 6) is 1.59. The molecule has 0 spiro atoms. The SMILES string of the molecule is COc1ccc(CN[C@H](C)C2CCCC2)cc1Cl. The van der Waals surface area contributed by atoms with E-state index in [1.165, 1.54) is 31.2 Å². The van der Waals surface area contributed by atoms with Gasteiger partial charge in [0.25, 0.3) is 0 Å². The van der Waals surface area contributed by atoms with Crippen LogP contribution in [-0.4, -0.2) is 13.2 Å². The Hall–Kier alpha value is -0.730. The van der Waals surface area contributed by atoms with Crippen LogP contribution in [0.15, 0.2) is 18.2 Å². The fourth-order valence-corrected chi connectivity index (χ4v) is 3.00. The van der Waals surface area contributed by atoms with Crippen molar-refractivity contribution in [1.82, 2.24) is 5.32 Å². The van der Waals surface area contributed by atoms with Crippen LogP contribution in [0.5, 0.6) is 5.75 Å². The van der Waals surface area contributed by atoms with Crippen LogP contribution in [-0.2, 0) is 6.54 Å². The Balaban J connectivity index is 1.87. The predicted molar refractivity (Wildman–Crippen MR) is 76.3 cm³/mol. The van der Waals surface area contributed by atoms with Crippen molar-refractivity contribution in [2.24, 2.45) is 5.92 Å². The summed E-state index contributed by atoms with van der Waals surface area (Å²) in [6.07, 6.45) is 5.53. The summed E-state index contributed by atoms with van der Waals surface area (Å²) in [5, 5.41) is 4.29. The molecule has 0 amide bonds. The molecule has 18 heavy (non-hydrogen) atoms. The fourth-order valence-electron chi connectivity index (χ4n) is 2.72. The first kappa shape index (κ1) is 13.7. The first-order chi connectivity index (χ1) is 8.70. The minimum atomic E-state index is 0.591. The number of methoxy groups -OCH3 is 1. The van der Waals surface area contributed by atoms with Gasteiger partial charge < -0.3 is 10.1 Å². The van der Waals surface area contributed by atoms with Gasteiger partial charge in [0.1, 0.15) is 5.75 Å². The van der Waals surface area contributed by atoms with E-state index in [4.69, 9.17) is 16.3 Å². The molecule has 2 rings (SSSR count). The highest BCUT2D eigenvalue weighted by molar-refractivity contribution is 6.32. The average molecular weight is 268 g/mol. The molecular weight excluding hydrogens is 246 g/mol. The van der Waals surface area contributed by atoms with Gasteiger partial charge in [0.2, 0.25) is 0 Å². The summed E-state index contributed by atoms with van der Waals surface area (Å²) in [6, 6.07) is 6.57. The highest BCUT2D eigenvalue weighted by atomic mass is 35.5. The van der Waals surface area contributed by atoms with Gasteiger partial charge in [-0.1, -0.05) is 30.5 Å². The number of halogens is 1. The van der Waals surface area contributed by atoms with E-state index in [2.05, 4.69) is 18.3 Å². The Bertz CT molecular complexity index is 388. The van der Waals surface area contributed by atoms with Crippen molar-refractivity contribution in [3.63, 3.8) is 0 Å². The zero-order chi connectivity index (χ0) is 13.0. The lowest BCUT2D eigenvalue weighted by Crippen LogP contribution is -2.31. The van der Waals surface area contributed by atoms with Crippen molar-refractivity contribution in [3.8, 4) is 5.75 Å². The van der Waals surface area contributed by atoms with Crippen LogP contribution in [0.1, 0.15) is 38.2 Å². The number of nitrogens with one attached hydrogen (secondary N) is 1. The Morgan fingerprint density at radius 1 is 1.39 bits per heavy atom. The summed E-state index contributed by atoms with van der Waals surface area (Å²) in [5.41, 5.74) is 1.21. The zero-order valence-electron chi connectivity index (χ0n) is 11.2. The topological polar surface area (TPSA) is 21.3 Å². The standard InChI is InChI=1S/C15H22ClNO/c1-11(13-5-3-4-6-13)17-10-12-7-8-15(18-2)14(16)9-12/h7-9,11,13,17H,3-6,10H2,1-2H3/t11-/m1/s1. The average Bonchev–Trinajstić information content (AvgIpc) is 2.90. The van der Waals surface area contributed by atoms with E-state index in [9.17, 15) is 0 Å². The van der Waals surface area contributed by atoms with E-state index in [-0.39, 0.29) is 0 Å². The van der Waals surface area contributed by atoms with Gasteiger partial charge in [-0.25, -0.2) is 0 Å². The Morgan fingerprint density at radius 2 is 2.11 bits per heavy atom. The fraction of sp³-hybridized carbons (Fsp3) is 0.600. The Morgan fingerprint density at radius 3 is 2.72 bits per heavy atom. The molecule has 2 nitrogen and oxygen atoms in total. The van der Waals surface area contributed by atoms with Crippen molar-refractivity contribution in [1.29, 1.82) is 0 Å². The summed E-state index contributed by atoms with van der Waals surface area (Å²) in [6.45, 7) is 3.17. The molecule has 1 atom stereocenters. The maximum atomic E-state index is 6.12. The summed E-state index contributed by atoms with van der Waals surface area (Å²) < 4.78 is 5.15. The van der Waals surface area contributed by atoms with Crippen LogP contribution < -0.4 is 10.1 Å². The van der Waals surface area contributed by atoms with Gasteiger partial charge >= 0.3 is 0 Å². The van der Waals surface area contributed by atoms with E-state index in [0.717, 1.165) is 18.2 Å². The van der Waals surface area contributed by atoms with Gasteiger partial charge in [-0.2, -0.15) is 0 Å². The molecule has 0 radical (unpaired) electrons. The molecule has 0 bridgehead atoms. The van der Waals surface area contributed by atoms with Crippen molar-refractivity contribution >= 4 is 11.6 Å². The third kappa shape index (κ3) is 3.39. The number of ether oxygens (including phenoxy) is 1. The summed E-state index contributed by atoms with van der Waals surface area (Å²) >= 11 is 6.12. The lowest BCUT2D eigenvalue weighted by Gasteiger charge is -2.20. The molecule has 0 aromatic heterocycles. The molecule has 3 heteroatoms. The summed E-state index contributed by atoms with van der Waals surface area (Å²) in [4.78, 5) is 0. The van der Waals surface area contributed by atoms with Crippen molar-refractivity contribution < 1.29 is 4.74 Å². The molecular formula is C15H22ClNO. The molecule has 1 saturated carbocycles. The first-order valence-electron chi connectivity index (χ1n) is 6.76. The molecule has 1 aliphatic rings. The van der Waals surface area contributed by atoms with Crippen LogP contribution in [0.25, 0.3) is 0 Å². The Kier molecular flexibility index (Phi) is 4.90. The molecule has 1 aliphatic carbocycles. The molecule has 1 fully saturated rings. The Labute approximate surface area is 115 Å². The number of benzene rings is 1. The highest BCUT2D eigenvalue weighted by Gasteiger charge is 2.20. The van der Waals surface area contributed by atoms with E-state index < -0.39 is 0 Å². The van der Waals surface area contributed by atoms with Gasteiger partial charge in [-0.05, 0) is 43.4 Å². The van der Waals surface area contributed by atoms with Gasteiger partial charge in [-0.15, -0.1) is 0 Å². The van der Waals surface area contributed by atoms with Crippen LogP contribution in [0.3, 0.4) is 0 Å². The number of hydrogen-bond donors (Lipinski definition) is 1. The lowest BCUT2D eigenvalue weighted by molar-refractivity contribution is 0.380. The smallest absolute Gasteiger partial charge is 0.137 e. The minimum Gasteiger partial charge on any atom is -0.495 e. The van der Waals surface area contributed by atoms with Crippen molar-refractivity contribution in [2.45, 2.75) is 45.2 Å². The van der Waals surface area contributed by atoms with Gasteiger partial charge in [0, 0.05) is 12.6 Å². The molecule has 0 saturated heterocycles. The van der Waals surface area contributed by atoms with Crippen molar-refractivity contribution in [2.75, 3.05) is 7.11 Å². The monoisotopic (exact) mass is 267 g/mol. The summed E-state index contributed by atoms with van der Waals surface area (Å²) in [7, 11) is 1.64. The highest BCUT2D eigenvalue weighted by Crippen LogP contribution is 2.28. The van der Waals surface area contributed by atoms with E-state index >= 15 is 0 Å². The largest absolute Gasteiger partial charge is 0.495 e. The molecule has 0 heterocycles. The second kappa shape index (κ2) is 6.44. The predicted octanol–water partition coefficient (Wildman–Crippen LogP) is 4.02. The molecule has 100 valence electrons. The van der Waals surface area contributed by atoms with Crippen molar-refractivity contribution in [3.05, 3.63) is 28.8 Å². The zero-order valence-corrected chi connectivity index (χ0v) is 12.0. The maximum Gasteiger partial charge on any atom is 0.137 e. The van der Waals surface area contributed by atoms with E-state index in [0.29, 0.717) is 11.1 Å². The number of rotatable bonds is 5. The quantitative estimate of drug-likeness (QED) is 0.870. The molecule has 0 aliphatic heterocycles. The van der Waals surface area contributed by atoms with Crippen LogP contribution in [0.2, 0.25) is 5.02 Å². The maximum absolute atomic E-state index is 6.12. The van der Waals surface area contributed by atoms with E-state index in [1.807, 2.05) is 12.1 Å². The first-order valence-corrected chi connectivity index (χ1v) is 7.14. The third-order valence-corrected chi connectivity index (χ3v) is 4.25. The lowest BCUT2D eigenvalue weighted by atomic mass is 9.99. The number of hydrogen-bond acceptors (Lipinski definition) is 2. The molecule has 1 N–H and O–H groups in total. The second-order valence-electron chi connectivity index (χ2n) is 5.18.